The average Bonchev–Trinajstić information content (AvgIpc) is 2.60. The first-order valence-corrected chi connectivity index (χ1v) is 7.18. The summed E-state index contributed by atoms with van der Waals surface area (Å²) in [5, 5.41) is 25.3. The summed E-state index contributed by atoms with van der Waals surface area (Å²) < 4.78 is 0. The average molecular weight is 342 g/mol. The number of rotatable bonds is 6. The molecule has 2 aromatic rings. The van der Waals surface area contributed by atoms with Gasteiger partial charge < -0.3 is 0 Å². The maximum absolute atomic E-state index is 11.9. The van der Waals surface area contributed by atoms with Gasteiger partial charge in [0.05, 0.1) is 22.0 Å². The maximum atomic E-state index is 11.9. The molecule has 0 unspecified atom stereocenters. The molecule has 0 bridgehead atoms. The highest BCUT2D eigenvalue weighted by Crippen LogP contribution is 2.14. The van der Waals surface area contributed by atoms with Gasteiger partial charge in [-0.2, -0.15) is 5.10 Å². The molecule has 25 heavy (non-hydrogen) atoms. The first kappa shape index (κ1) is 17.7. The van der Waals surface area contributed by atoms with Crippen molar-refractivity contribution in [2.24, 2.45) is 5.10 Å². The number of hydrogen-bond donors (Lipinski definition) is 1. The predicted molar refractivity (Wildman–Crippen MR) is 90.3 cm³/mol. The smallest absolute Gasteiger partial charge is 0.270 e. The van der Waals surface area contributed by atoms with Gasteiger partial charge in [0.1, 0.15) is 0 Å². The maximum Gasteiger partial charge on any atom is 0.270 e. The number of benzene rings is 2. The van der Waals surface area contributed by atoms with Gasteiger partial charge in [0.25, 0.3) is 11.4 Å². The fourth-order valence-electron chi connectivity index (χ4n) is 2.02. The SMILES string of the molecule is CC(=NNC(=O)Cc1ccc([N+](=O)[O-])cc1)c1cccc([N+](=O)[O-])c1. The van der Waals surface area contributed by atoms with Gasteiger partial charge in [0.15, 0.2) is 0 Å². The molecular weight excluding hydrogens is 328 g/mol. The van der Waals surface area contributed by atoms with Crippen LogP contribution in [-0.2, 0) is 11.2 Å². The summed E-state index contributed by atoms with van der Waals surface area (Å²) in [6.07, 6.45) is 0.00368. The molecule has 0 heterocycles. The number of hydrogen-bond acceptors (Lipinski definition) is 6. The van der Waals surface area contributed by atoms with Crippen LogP contribution in [0.5, 0.6) is 0 Å². The Morgan fingerprint density at radius 1 is 1.04 bits per heavy atom. The number of nitro benzene ring substituents is 2. The van der Waals surface area contributed by atoms with E-state index in [1.54, 1.807) is 13.0 Å². The topological polar surface area (TPSA) is 128 Å². The minimum Gasteiger partial charge on any atom is -0.273 e. The van der Waals surface area contributed by atoms with Crippen LogP contribution in [0.1, 0.15) is 18.1 Å². The summed E-state index contributed by atoms with van der Waals surface area (Å²) in [5.41, 5.74) is 3.78. The fraction of sp³-hybridized carbons (Fsp3) is 0.125. The van der Waals surface area contributed by atoms with E-state index in [1.807, 2.05) is 0 Å². The van der Waals surface area contributed by atoms with E-state index in [0.29, 0.717) is 16.8 Å². The van der Waals surface area contributed by atoms with Crippen molar-refractivity contribution in [1.29, 1.82) is 0 Å². The van der Waals surface area contributed by atoms with E-state index in [1.165, 1.54) is 42.5 Å². The van der Waals surface area contributed by atoms with E-state index < -0.39 is 15.8 Å². The van der Waals surface area contributed by atoms with E-state index in [-0.39, 0.29) is 17.8 Å². The van der Waals surface area contributed by atoms with Crippen LogP contribution in [0.15, 0.2) is 53.6 Å². The molecule has 0 radical (unpaired) electrons. The van der Waals surface area contributed by atoms with Crippen molar-refractivity contribution in [2.45, 2.75) is 13.3 Å². The Kier molecular flexibility index (Phi) is 5.51. The normalized spacial score (nSPS) is 11.0. The predicted octanol–water partition coefficient (Wildman–Crippen LogP) is 2.59. The van der Waals surface area contributed by atoms with E-state index >= 15 is 0 Å². The number of hydrazone groups is 1. The van der Waals surface area contributed by atoms with Crippen molar-refractivity contribution in [2.75, 3.05) is 0 Å². The first-order chi connectivity index (χ1) is 11.9. The van der Waals surface area contributed by atoms with Crippen molar-refractivity contribution in [1.82, 2.24) is 5.43 Å². The highest BCUT2D eigenvalue weighted by atomic mass is 16.6. The summed E-state index contributed by atoms with van der Waals surface area (Å²) in [6, 6.07) is 11.5. The first-order valence-electron chi connectivity index (χ1n) is 7.18. The minimum absolute atomic E-state index is 0.00368. The van der Waals surface area contributed by atoms with Gasteiger partial charge in [0, 0.05) is 29.8 Å². The van der Waals surface area contributed by atoms with Crippen LogP contribution in [0.4, 0.5) is 11.4 Å². The molecule has 0 fully saturated rings. The van der Waals surface area contributed by atoms with E-state index in [0.717, 1.165) is 0 Å². The lowest BCUT2D eigenvalue weighted by Gasteiger charge is -2.03. The van der Waals surface area contributed by atoms with E-state index in [9.17, 15) is 25.0 Å². The third kappa shape index (κ3) is 4.93. The molecule has 9 nitrogen and oxygen atoms in total. The van der Waals surface area contributed by atoms with Crippen molar-refractivity contribution >= 4 is 23.0 Å². The summed E-state index contributed by atoms with van der Waals surface area (Å²) in [6.45, 7) is 1.62. The summed E-state index contributed by atoms with van der Waals surface area (Å²) >= 11 is 0. The second-order valence-electron chi connectivity index (χ2n) is 5.14. The monoisotopic (exact) mass is 342 g/mol. The molecule has 0 aliphatic carbocycles. The molecular formula is C16H14N4O5. The molecule has 1 N–H and O–H groups in total. The molecule has 0 saturated heterocycles. The van der Waals surface area contributed by atoms with Gasteiger partial charge in [-0.3, -0.25) is 25.0 Å². The number of nitrogens with one attached hydrogen (secondary N) is 1. The van der Waals surface area contributed by atoms with Crippen LogP contribution < -0.4 is 5.43 Å². The number of nitrogens with zero attached hydrogens (tertiary/aromatic N) is 3. The van der Waals surface area contributed by atoms with Crippen LogP contribution in [0.2, 0.25) is 0 Å². The van der Waals surface area contributed by atoms with Gasteiger partial charge in [-0.05, 0) is 12.5 Å². The number of carbonyl (C=O) groups is 1. The lowest BCUT2D eigenvalue weighted by atomic mass is 10.1. The number of amides is 1. The van der Waals surface area contributed by atoms with Crippen LogP contribution in [0.25, 0.3) is 0 Å². The van der Waals surface area contributed by atoms with Gasteiger partial charge in [-0.15, -0.1) is 0 Å². The Morgan fingerprint density at radius 3 is 2.28 bits per heavy atom. The van der Waals surface area contributed by atoms with Crippen LogP contribution in [0.3, 0.4) is 0 Å². The number of carbonyl (C=O) groups excluding carboxylic acids is 1. The summed E-state index contributed by atoms with van der Waals surface area (Å²) in [7, 11) is 0. The molecule has 128 valence electrons. The molecule has 1 amide bonds. The Labute approximate surface area is 142 Å². The Bertz CT molecular complexity index is 846. The molecule has 0 aromatic heterocycles. The zero-order valence-corrected chi connectivity index (χ0v) is 13.2. The zero-order valence-electron chi connectivity index (χ0n) is 13.2. The standard InChI is InChI=1S/C16H14N4O5/c1-11(13-3-2-4-15(10-13)20(24)25)17-18-16(21)9-12-5-7-14(8-6-12)19(22)23/h2-8,10H,9H2,1H3,(H,18,21). The second kappa shape index (κ2) is 7.77. The third-order valence-electron chi connectivity index (χ3n) is 3.33. The number of nitro groups is 2. The third-order valence-corrected chi connectivity index (χ3v) is 3.33. The van der Waals surface area contributed by atoms with Crippen LogP contribution >= 0.6 is 0 Å². The van der Waals surface area contributed by atoms with Crippen LogP contribution in [0, 0.1) is 20.2 Å². The van der Waals surface area contributed by atoms with Gasteiger partial charge in [-0.25, -0.2) is 5.43 Å². The van der Waals surface area contributed by atoms with E-state index in [4.69, 9.17) is 0 Å². The van der Waals surface area contributed by atoms with Crippen molar-refractivity contribution in [3.05, 3.63) is 79.9 Å². The lowest BCUT2D eigenvalue weighted by Crippen LogP contribution is -2.21. The van der Waals surface area contributed by atoms with E-state index in [2.05, 4.69) is 10.5 Å². The number of non-ortho nitro benzene ring substituents is 2. The van der Waals surface area contributed by atoms with Crippen molar-refractivity contribution in [3.63, 3.8) is 0 Å². The van der Waals surface area contributed by atoms with Gasteiger partial charge in [0.2, 0.25) is 5.91 Å². The molecule has 0 aliphatic rings. The van der Waals surface area contributed by atoms with Crippen LogP contribution in [-0.4, -0.2) is 21.5 Å². The second-order valence-corrected chi connectivity index (χ2v) is 5.14. The molecule has 0 atom stereocenters. The van der Waals surface area contributed by atoms with Gasteiger partial charge >= 0.3 is 0 Å². The summed E-state index contributed by atoms with van der Waals surface area (Å²) in [4.78, 5) is 32.2. The van der Waals surface area contributed by atoms with Crippen molar-refractivity contribution in [3.8, 4) is 0 Å². The highest BCUT2D eigenvalue weighted by Gasteiger charge is 2.09. The quantitative estimate of drug-likeness (QED) is 0.490. The molecule has 0 spiro atoms. The highest BCUT2D eigenvalue weighted by molar-refractivity contribution is 5.99. The zero-order chi connectivity index (χ0) is 18.4. The molecule has 0 saturated carbocycles. The molecule has 2 aromatic carbocycles. The Balaban J connectivity index is 2.00. The molecule has 2 rings (SSSR count). The minimum atomic E-state index is -0.517. The summed E-state index contributed by atoms with van der Waals surface area (Å²) in [5.74, 6) is -0.404. The Morgan fingerprint density at radius 2 is 1.68 bits per heavy atom. The van der Waals surface area contributed by atoms with Gasteiger partial charge in [-0.1, -0.05) is 24.3 Å². The Hall–Kier alpha value is -3.62. The fourth-order valence-corrected chi connectivity index (χ4v) is 2.02. The molecule has 0 aliphatic heterocycles. The van der Waals surface area contributed by atoms with Crippen molar-refractivity contribution < 1.29 is 14.6 Å². The lowest BCUT2D eigenvalue weighted by molar-refractivity contribution is -0.385. The largest absolute Gasteiger partial charge is 0.273 e. The molecule has 9 heteroatoms.